The maximum atomic E-state index is 8.98. The van der Waals surface area contributed by atoms with Gasteiger partial charge in [-0.05, 0) is 43.0 Å². The first kappa shape index (κ1) is 12.9. The number of nitrogens with one attached hydrogen (secondary N) is 1. The fourth-order valence-electron chi connectivity index (χ4n) is 2.54. The molecule has 2 atom stereocenters. The van der Waals surface area contributed by atoms with E-state index in [9.17, 15) is 0 Å². The molecule has 0 amide bonds. The lowest BCUT2D eigenvalue weighted by Gasteiger charge is -2.15. The molecule has 1 aliphatic carbocycles. The molecule has 0 saturated heterocycles. The number of fused-ring (bicyclic) bond motifs is 1. The quantitative estimate of drug-likeness (QED) is 0.866. The summed E-state index contributed by atoms with van der Waals surface area (Å²) in [5.41, 5.74) is 2.61. The summed E-state index contributed by atoms with van der Waals surface area (Å²) in [6.07, 6.45) is 2.53. The fourth-order valence-corrected chi connectivity index (χ4v) is 2.54. The molecule has 1 aliphatic rings. The van der Waals surface area contributed by atoms with Crippen LogP contribution in [0.1, 0.15) is 43.9 Å². The van der Waals surface area contributed by atoms with Crippen LogP contribution in [-0.2, 0) is 6.42 Å². The summed E-state index contributed by atoms with van der Waals surface area (Å²) >= 11 is 0. The number of nitriles is 1. The van der Waals surface area contributed by atoms with Crippen molar-refractivity contribution in [2.24, 2.45) is 0 Å². The zero-order valence-corrected chi connectivity index (χ0v) is 11.1. The van der Waals surface area contributed by atoms with E-state index >= 15 is 0 Å². The van der Waals surface area contributed by atoms with E-state index in [1.807, 2.05) is 19.1 Å². The molecule has 0 saturated carbocycles. The van der Waals surface area contributed by atoms with Crippen molar-refractivity contribution >= 4 is 0 Å². The zero-order chi connectivity index (χ0) is 13.0. The SMILES string of the molecule is CCNC1CCc2c(OC(C#N)CC)cccc21. The summed E-state index contributed by atoms with van der Waals surface area (Å²) in [6.45, 7) is 5.07. The van der Waals surface area contributed by atoms with Crippen molar-refractivity contribution in [3.63, 3.8) is 0 Å². The Bertz CT molecular complexity index is 450. The van der Waals surface area contributed by atoms with E-state index in [0.29, 0.717) is 6.04 Å². The molecule has 0 fully saturated rings. The molecule has 0 radical (unpaired) electrons. The Hall–Kier alpha value is -1.53. The number of hydrogen-bond donors (Lipinski definition) is 1. The lowest BCUT2D eigenvalue weighted by Crippen LogP contribution is -2.18. The summed E-state index contributed by atoms with van der Waals surface area (Å²) in [7, 11) is 0. The van der Waals surface area contributed by atoms with E-state index in [4.69, 9.17) is 10.00 Å². The molecule has 3 nitrogen and oxygen atoms in total. The first-order valence-corrected chi connectivity index (χ1v) is 6.71. The Kier molecular flexibility index (Phi) is 4.22. The van der Waals surface area contributed by atoms with Crippen LogP contribution in [0.25, 0.3) is 0 Å². The van der Waals surface area contributed by atoms with Gasteiger partial charge in [-0.15, -0.1) is 0 Å². The van der Waals surface area contributed by atoms with Crippen molar-refractivity contribution in [2.45, 2.75) is 45.3 Å². The number of benzene rings is 1. The number of hydrogen-bond acceptors (Lipinski definition) is 3. The summed E-state index contributed by atoms with van der Waals surface area (Å²) in [4.78, 5) is 0. The van der Waals surface area contributed by atoms with Gasteiger partial charge in [-0.25, -0.2) is 0 Å². The van der Waals surface area contributed by atoms with Crippen molar-refractivity contribution in [3.8, 4) is 11.8 Å². The van der Waals surface area contributed by atoms with Crippen LogP contribution in [-0.4, -0.2) is 12.6 Å². The predicted octanol–water partition coefficient (Wildman–Crippen LogP) is 2.96. The van der Waals surface area contributed by atoms with Gasteiger partial charge in [0.25, 0.3) is 0 Å². The average molecular weight is 244 g/mol. The van der Waals surface area contributed by atoms with Crippen molar-refractivity contribution in [1.29, 1.82) is 5.26 Å². The first-order valence-electron chi connectivity index (χ1n) is 6.71. The second-order valence-corrected chi connectivity index (χ2v) is 4.62. The second kappa shape index (κ2) is 5.88. The second-order valence-electron chi connectivity index (χ2n) is 4.62. The Morgan fingerprint density at radius 3 is 3.00 bits per heavy atom. The lowest BCUT2D eigenvalue weighted by molar-refractivity contribution is 0.249. The standard InChI is InChI=1S/C15H20N2O/c1-3-11(10-16)18-15-7-5-6-12-13(15)8-9-14(12)17-4-2/h5-7,11,14,17H,3-4,8-9H2,1-2H3. The lowest BCUT2D eigenvalue weighted by atomic mass is 10.1. The molecule has 0 bridgehead atoms. The van der Waals surface area contributed by atoms with Crippen molar-refractivity contribution in [2.75, 3.05) is 6.54 Å². The third-order valence-corrected chi connectivity index (χ3v) is 3.46. The minimum atomic E-state index is -0.338. The molecule has 18 heavy (non-hydrogen) atoms. The molecule has 0 spiro atoms. The Labute approximate surface area is 109 Å². The highest BCUT2D eigenvalue weighted by Crippen LogP contribution is 2.37. The molecule has 96 valence electrons. The highest BCUT2D eigenvalue weighted by Gasteiger charge is 2.25. The van der Waals surface area contributed by atoms with E-state index < -0.39 is 0 Å². The van der Waals surface area contributed by atoms with Crippen LogP contribution in [0.4, 0.5) is 0 Å². The molecular weight excluding hydrogens is 224 g/mol. The zero-order valence-electron chi connectivity index (χ0n) is 11.1. The van der Waals surface area contributed by atoms with Gasteiger partial charge >= 0.3 is 0 Å². The highest BCUT2D eigenvalue weighted by molar-refractivity contribution is 5.45. The minimum absolute atomic E-state index is 0.338. The Balaban J connectivity index is 2.22. The van der Waals surface area contributed by atoms with Gasteiger partial charge < -0.3 is 10.1 Å². The molecular formula is C15H20N2O. The first-order chi connectivity index (χ1) is 8.80. The number of nitrogens with zero attached hydrogens (tertiary/aromatic N) is 1. The third kappa shape index (κ3) is 2.49. The van der Waals surface area contributed by atoms with Gasteiger partial charge in [-0.1, -0.05) is 26.0 Å². The molecule has 0 heterocycles. The van der Waals surface area contributed by atoms with Crippen LogP contribution in [0.3, 0.4) is 0 Å². The van der Waals surface area contributed by atoms with E-state index in [0.717, 1.165) is 31.6 Å². The highest BCUT2D eigenvalue weighted by atomic mass is 16.5. The van der Waals surface area contributed by atoms with E-state index in [1.165, 1.54) is 11.1 Å². The van der Waals surface area contributed by atoms with Gasteiger partial charge in [-0.2, -0.15) is 5.26 Å². The molecule has 1 aromatic carbocycles. The van der Waals surface area contributed by atoms with Crippen molar-refractivity contribution in [1.82, 2.24) is 5.32 Å². The van der Waals surface area contributed by atoms with Crippen molar-refractivity contribution in [3.05, 3.63) is 29.3 Å². The fraction of sp³-hybridized carbons (Fsp3) is 0.533. The van der Waals surface area contributed by atoms with Crippen LogP contribution >= 0.6 is 0 Å². The van der Waals surface area contributed by atoms with Gasteiger partial charge in [-0.3, -0.25) is 0 Å². The Morgan fingerprint density at radius 1 is 1.50 bits per heavy atom. The van der Waals surface area contributed by atoms with E-state index in [-0.39, 0.29) is 6.10 Å². The third-order valence-electron chi connectivity index (χ3n) is 3.46. The summed E-state index contributed by atoms with van der Waals surface area (Å²) < 4.78 is 5.79. The summed E-state index contributed by atoms with van der Waals surface area (Å²) in [5, 5.41) is 12.5. The van der Waals surface area contributed by atoms with Gasteiger partial charge in [0.15, 0.2) is 6.10 Å². The van der Waals surface area contributed by atoms with E-state index in [2.05, 4.69) is 24.4 Å². The topological polar surface area (TPSA) is 45.0 Å². The van der Waals surface area contributed by atoms with Gasteiger partial charge in [0.2, 0.25) is 0 Å². The van der Waals surface area contributed by atoms with Gasteiger partial charge in [0.05, 0.1) is 0 Å². The van der Waals surface area contributed by atoms with E-state index in [1.54, 1.807) is 0 Å². The molecule has 2 rings (SSSR count). The normalized spacial score (nSPS) is 19.1. The van der Waals surface area contributed by atoms with Crippen LogP contribution in [0, 0.1) is 11.3 Å². The van der Waals surface area contributed by atoms with Crippen LogP contribution < -0.4 is 10.1 Å². The largest absolute Gasteiger partial charge is 0.475 e. The van der Waals surface area contributed by atoms with Crippen LogP contribution in [0.5, 0.6) is 5.75 Å². The minimum Gasteiger partial charge on any atom is -0.475 e. The number of ether oxygens (including phenoxy) is 1. The number of rotatable bonds is 5. The average Bonchev–Trinajstić information content (AvgIpc) is 2.81. The maximum Gasteiger partial charge on any atom is 0.184 e. The molecule has 0 aromatic heterocycles. The maximum absolute atomic E-state index is 8.98. The van der Waals surface area contributed by atoms with Crippen molar-refractivity contribution < 1.29 is 4.74 Å². The van der Waals surface area contributed by atoms with Crippen LogP contribution in [0.15, 0.2) is 18.2 Å². The summed E-state index contributed by atoms with van der Waals surface area (Å²) in [6, 6.07) is 8.79. The molecule has 1 aromatic rings. The summed E-state index contributed by atoms with van der Waals surface area (Å²) in [5.74, 6) is 0.890. The predicted molar refractivity (Wildman–Crippen MR) is 71.5 cm³/mol. The van der Waals surface area contributed by atoms with Gasteiger partial charge in [0, 0.05) is 6.04 Å². The van der Waals surface area contributed by atoms with Crippen LogP contribution in [0.2, 0.25) is 0 Å². The smallest absolute Gasteiger partial charge is 0.184 e. The molecule has 3 heteroatoms. The molecule has 2 unspecified atom stereocenters. The molecule has 0 aliphatic heterocycles. The molecule has 1 N–H and O–H groups in total. The van der Waals surface area contributed by atoms with Gasteiger partial charge in [0.1, 0.15) is 11.8 Å². The Morgan fingerprint density at radius 2 is 2.33 bits per heavy atom. The monoisotopic (exact) mass is 244 g/mol.